The summed E-state index contributed by atoms with van der Waals surface area (Å²) in [6, 6.07) is 14.8. The molecular formula is C20H22N2O3. The molecule has 0 radical (unpaired) electrons. The molecule has 3 rings (SSSR count). The maximum Gasteiger partial charge on any atom is 0.247 e. The van der Waals surface area contributed by atoms with Gasteiger partial charge in [-0.1, -0.05) is 36.4 Å². The van der Waals surface area contributed by atoms with Gasteiger partial charge in [0.15, 0.2) is 0 Å². The third kappa shape index (κ3) is 3.56. The Morgan fingerprint density at radius 3 is 2.64 bits per heavy atom. The number of fused-ring (bicyclic) bond motifs is 1. The zero-order chi connectivity index (χ0) is 17.8. The number of para-hydroxylation sites is 2. The molecule has 1 atom stereocenters. The van der Waals surface area contributed by atoms with E-state index in [9.17, 15) is 9.59 Å². The van der Waals surface area contributed by atoms with Crippen molar-refractivity contribution in [3.05, 3.63) is 59.7 Å². The van der Waals surface area contributed by atoms with Gasteiger partial charge in [-0.2, -0.15) is 0 Å². The number of nitrogens with zero attached hydrogens (tertiary/aromatic N) is 1. The highest BCUT2D eigenvalue weighted by atomic mass is 16.5. The van der Waals surface area contributed by atoms with Crippen LogP contribution in [0.15, 0.2) is 48.5 Å². The first-order chi connectivity index (χ1) is 12.1. The quantitative estimate of drug-likeness (QED) is 0.912. The second kappa shape index (κ2) is 7.49. The Morgan fingerprint density at radius 2 is 1.88 bits per heavy atom. The lowest BCUT2D eigenvalue weighted by molar-refractivity contribution is -0.122. The lowest BCUT2D eigenvalue weighted by atomic mass is 10.1. The molecule has 2 aromatic rings. The van der Waals surface area contributed by atoms with E-state index in [2.05, 4.69) is 5.32 Å². The Bertz CT molecular complexity index is 788. The predicted molar refractivity (Wildman–Crippen MR) is 97.7 cm³/mol. The molecule has 0 saturated carbocycles. The second-order valence-electron chi connectivity index (χ2n) is 6.13. The minimum absolute atomic E-state index is 0.127. The van der Waals surface area contributed by atoms with Gasteiger partial charge in [-0.15, -0.1) is 0 Å². The summed E-state index contributed by atoms with van der Waals surface area (Å²) in [5.41, 5.74) is 3.62. The van der Waals surface area contributed by atoms with Crippen LogP contribution in [0.3, 0.4) is 0 Å². The summed E-state index contributed by atoms with van der Waals surface area (Å²) < 4.78 is 5.13. The summed E-state index contributed by atoms with van der Waals surface area (Å²) >= 11 is 0. The lowest BCUT2D eigenvalue weighted by Gasteiger charge is -2.24. The SMILES string of the molecule is COCCc1ccccc1NC(=O)[C@@H]1Cc2ccccc2N1C(C)=O. The van der Waals surface area contributed by atoms with Crippen molar-refractivity contribution in [3.63, 3.8) is 0 Å². The number of nitrogens with one attached hydrogen (secondary N) is 1. The van der Waals surface area contributed by atoms with Crippen molar-refractivity contribution in [3.8, 4) is 0 Å². The third-order valence-electron chi connectivity index (χ3n) is 4.47. The van der Waals surface area contributed by atoms with Crippen LogP contribution < -0.4 is 10.2 Å². The summed E-state index contributed by atoms with van der Waals surface area (Å²) in [6.45, 7) is 2.08. The van der Waals surface area contributed by atoms with Crippen LogP contribution in [0.1, 0.15) is 18.1 Å². The van der Waals surface area contributed by atoms with E-state index in [1.165, 1.54) is 6.92 Å². The van der Waals surface area contributed by atoms with Crippen LogP contribution >= 0.6 is 0 Å². The summed E-state index contributed by atoms with van der Waals surface area (Å²) in [6.07, 6.45) is 1.25. The molecule has 5 nitrogen and oxygen atoms in total. The highest BCUT2D eigenvalue weighted by Crippen LogP contribution is 2.32. The summed E-state index contributed by atoms with van der Waals surface area (Å²) in [5, 5.41) is 2.99. The molecule has 5 heteroatoms. The predicted octanol–water partition coefficient (Wildman–Crippen LogP) is 2.79. The molecule has 25 heavy (non-hydrogen) atoms. The van der Waals surface area contributed by atoms with Crippen LogP contribution in [0.25, 0.3) is 0 Å². The van der Waals surface area contributed by atoms with E-state index < -0.39 is 6.04 Å². The standard InChI is InChI=1S/C20H22N2O3/c1-14(23)22-18-10-6-4-8-16(18)13-19(22)20(24)21-17-9-5-3-7-15(17)11-12-25-2/h3-10,19H,11-13H2,1-2H3,(H,21,24)/t19-/m0/s1. The van der Waals surface area contributed by atoms with Gasteiger partial charge in [0.25, 0.3) is 0 Å². The molecule has 0 aromatic heterocycles. The van der Waals surface area contributed by atoms with Crippen molar-refractivity contribution in [1.29, 1.82) is 0 Å². The van der Waals surface area contributed by atoms with E-state index in [-0.39, 0.29) is 11.8 Å². The van der Waals surface area contributed by atoms with E-state index in [0.717, 1.165) is 22.5 Å². The number of carbonyl (C=O) groups is 2. The summed E-state index contributed by atoms with van der Waals surface area (Å²) in [7, 11) is 1.65. The van der Waals surface area contributed by atoms with E-state index in [0.29, 0.717) is 19.4 Å². The van der Waals surface area contributed by atoms with Gasteiger partial charge in [0.1, 0.15) is 6.04 Å². The Balaban J connectivity index is 1.81. The Hall–Kier alpha value is -2.66. The number of benzene rings is 2. The van der Waals surface area contributed by atoms with E-state index in [1.807, 2.05) is 48.5 Å². The van der Waals surface area contributed by atoms with Crippen molar-refractivity contribution in [2.45, 2.75) is 25.8 Å². The molecule has 0 fully saturated rings. The third-order valence-corrected chi connectivity index (χ3v) is 4.47. The molecule has 2 aromatic carbocycles. The highest BCUT2D eigenvalue weighted by molar-refractivity contribution is 6.06. The summed E-state index contributed by atoms with van der Waals surface area (Å²) in [4.78, 5) is 26.6. The Morgan fingerprint density at radius 1 is 1.16 bits per heavy atom. The van der Waals surface area contributed by atoms with Crippen LogP contribution in [0, 0.1) is 0 Å². The molecule has 0 bridgehead atoms. The largest absolute Gasteiger partial charge is 0.384 e. The van der Waals surface area contributed by atoms with Crippen LogP contribution in [-0.2, 0) is 27.2 Å². The van der Waals surface area contributed by atoms with Crippen molar-refractivity contribution in [2.75, 3.05) is 23.9 Å². The van der Waals surface area contributed by atoms with Crippen LogP contribution in [0.2, 0.25) is 0 Å². The van der Waals surface area contributed by atoms with Crippen LogP contribution in [0.4, 0.5) is 11.4 Å². The number of rotatable bonds is 5. The molecule has 0 saturated heterocycles. The first-order valence-corrected chi connectivity index (χ1v) is 8.37. The molecule has 0 unspecified atom stereocenters. The number of amides is 2. The number of hydrogen-bond acceptors (Lipinski definition) is 3. The van der Waals surface area contributed by atoms with Crippen molar-refractivity contribution in [1.82, 2.24) is 0 Å². The number of methoxy groups -OCH3 is 1. The van der Waals surface area contributed by atoms with Gasteiger partial charge in [0.05, 0.1) is 6.61 Å². The van der Waals surface area contributed by atoms with Crippen molar-refractivity contribution in [2.24, 2.45) is 0 Å². The molecule has 130 valence electrons. The fourth-order valence-electron chi connectivity index (χ4n) is 3.27. The lowest BCUT2D eigenvalue weighted by Crippen LogP contribution is -2.44. The number of carbonyl (C=O) groups excluding carboxylic acids is 2. The van der Waals surface area contributed by atoms with E-state index >= 15 is 0 Å². The normalized spacial score (nSPS) is 15.8. The number of hydrogen-bond donors (Lipinski definition) is 1. The van der Waals surface area contributed by atoms with Gasteiger partial charge < -0.3 is 10.1 Å². The fourth-order valence-corrected chi connectivity index (χ4v) is 3.27. The smallest absolute Gasteiger partial charge is 0.247 e. The number of anilines is 2. The molecule has 1 heterocycles. The first-order valence-electron chi connectivity index (χ1n) is 8.37. The minimum Gasteiger partial charge on any atom is -0.384 e. The molecule has 1 N–H and O–H groups in total. The number of ether oxygens (including phenoxy) is 1. The monoisotopic (exact) mass is 338 g/mol. The van der Waals surface area contributed by atoms with E-state index in [1.54, 1.807) is 12.0 Å². The van der Waals surface area contributed by atoms with Gasteiger partial charge in [-0.25, -0.2) is 0 Å². The fraction of sp³-hybridized carbons (Fsp3) is 0.300. The molecule has 1 aliphatic heterocycles. The summed E-state index contributed by atoms with van der Waals surface area (Å²) in [5.74, 6) is -0.297. The van der Waals surface area contributed by atoms with Gasteiger partial charge in [-0.05, 0) is 29.7 Å². The minimum atomic E-state index is -0.523. The molecule has 0 spiro atoms. The van der Waals surface area contributed by atoms with Gasteiger partial charge in [0.2, 0.25) is 11.8 Å². The zero-order valence-corrected chi connectivity index (χ0v) is 14.5. The van der Waals surface area contributed by atoms with Crippen molar-refractivity contribution >= 4 is 23.2 Å². The second-order valence-corrected chi connectivity index (χ2v) is 6.13. The maximum absolute atomic E-state index is 12.9. The van der Waals surface area contributed by atoms with Gasteiger partial charge in [-0.3, -0.25) is 14.5 Å². The molecule has 2 amide bonds. The average Bonchev–Trinajstić information content (AvgIpc) is 3.01. The molecule has 1 aliphatic rings. The van der Waals surface area contributed by atoms with Crippen LogP contribution in [0.5, 0.6) is 0 Å². The molecule has 0 aliphatic carbocycles. The highest BCUT2D eigenvalue weighted by Gasteiger charge is 2.36. The topological polar surface area (TPSA) is 58.6 Å². The zero-order valence-electron chi connectivity index (χ0n) is 14.5. The molecular weight excluding hydrogens is 316 g/mol. The van der Waals surface area contributed by atoms with Crippen molar-refractivity contribution < 1.29 is 14.3 Å². The Labute approximate surface area is 147 Å². The first kappa shape index (κ1) is 17.2. The van der Waals surface area contributed by atoms with Crippen LogP contribution in [-0.4, -0.2) is 31.6 Å². The maximum atomic E-state index is 12.9. The van der Waals surface area contributed by atoms with Gasteiger partial charge in [0, 0.05) is 31.8 Å². The average molecular weight is 338 g/mol. The Kier molecular flexibility index (Phi) is 5.14. The van der Waals surface area contributed by atoms with E-state index in [4.69, 9.17) is 4.74 Å². The van der Waals surface area contributed by atoms with Gasteiger partial charge >= 0.3 is 0 Å².